The number of rotatable bonds is 4. The number of benzene rings is 1. The van der Waals surface area contributed by atoms with E-state index in [9.17, 15) is 4.79 Å². The van der Waals surface area contributed by atoms with Gasteiger partial charge in [-0.1, -0.05) is 25.6 Å². The van der Waals surface area contributed by atoms with Crippen LogP contribution in [0.15, 0.2) is 27.8 Å². The Balaban J connectivity index is 2.33. The zero-order valence-electron chi connectivity index (χ0n) is 9.64. The minimum Gasteiger partial charge on any atom is -0.478 e. The summed E-state index contributed by atoms with van der Waals surface area (Å²) in [5, 5.41) is 9.89. The smallest absolute Gasteiger partial charge is 0.335 e. The predicted molar refractivity (Wildman–Crippen MR) is 66.6 cm³/mol. The van der Waals surface area contributed by atoms with Crippen LogP contribution >= 0.6 is 11.8 Å². The Morgan fingerprint density at radius 1 is 1.59 bits per heavy atom. The second kappa shape index (κ2) is 4.79. The van der Waals surface area contributed by atoms with Crippen molar-refractivity contribution in [3.05, 3.63) is 23.8 Å². The average Bonchev–Trinajstić information content (AvgIpc) is 2.69. The van der Waals surface area contributed by atoms with E-state index in [-0.39, 0.29) is 5.56 Å². The highest BCUT2D eigenvalue weighted by atomic mass is 32.2. The summed E-state index contributed by atoms with van der Waals surface area (Å²) in [5.41, 5.74) is 1.44. The molecule has 0 fully saturated rings. The van der Waals surface area contributed by atoms with Gasteiger partial charge in [-0.25, -0.2) is 9.78 Å². The third kappa shape index (κ3) is 2.61. The lowest BCUT2D eigenvalue weighted by Gasteiger charge is -2.01. The first-order chi connectivity index (χ1) is 8.10. The Hall–Kier alpha value is -1.49. The summed E-state index contributed by atoms with van der Waals surface area (Å²) in [6, 6.07) is 4.71. The monoisotopic (exact) mass is 251 g/mol. The summed E-state index contributed by atoms with van der Waals surface area (Å²) >= 11 is 1.56. The van der Waals surface area contributed by atoms with Crippen molar-refractivity contribution in [2.24, 2.45) is 0 Å². The van der Waals surface area contributed by atoms with Crippen molar-refractivity contribution < 1.29 is 14.3 Å². The number of thioether (sulfide) groups is 1. The van der Waals surface area contributed by atoms with E-state index in [1.807, 2.05) is 0 Å². The van der Waals surface area contributed by atoms with Gasteiger partial charge < -0.3 is 9.52 Å². The van der Waals surface area contributed by atoms with Gasteiger partial charge in [-0.3, -0.25) is 0 Å². The number of hydrogen-bond acceptors (Lipinski definition) is 4. The maximum Gasteiger partial charge on any atom is 0.335 e. The number of oxazole rings is 1. The molecule has 0 radical (unpaired) electrons. The SMILES string of the molecule is CCC(C)Sc1nc2ccc(C(=O)O)cc2o1. The number of carboxylic acids is 1. The van der Waals surface area contributed by atoms with E-state index in [0.29, 0.717) is 21.6 Å². The molecule has 1 N–H and O–H groups in total. The second-order valence-electron chi connectivity index (χ2n) is 3.80. The molecule has 90 valence electrons. The lowest BCUT2D eigenvalue weighted by atomic mass is 10.2. The Bertz CT molecular complexity index is 550. The molecule has 0 spiro atoms. The van der Waals surface area contributed by atoms with Gasteiger partial charge >= 0.3 is 5.97 Å². The summed E-state index contributed by atoms with van der Waals surface area (Å²) in [4.78, 5) is 15.1. The summed E-state index contributed by atoms with van der Waals surface area (Å²) in [6.45, 7) is 4.20. The number of carboxylic acid groups (broad SMARTS) is 1. The second-order valence-corrected chi connectivity index (χ2v) is 5.19. The van der Waals surface area contributed by atoms with Gasteiger partial charge in [0.1, 0.15) is 5.52 Å². The topological polar surface area (TPSA) is 63.3 Å². The molecule has 0 aliphatic heterocycles. The molecule has 0 saturated carbocycles. The van der Waals surface area contributed by atoms with E-state index in [1.54, 1.807) is 17.8 Å². The van der Waals surface area contributed by atoms with Crippen molar-refractivity contribution in [3.8, 4) is 0 Å². The number of aromatic nitrogens is 1. The fourth-order valence-electron chi connectivity index (χ4n) is 1.34. The highest BCUT2D eigenvalue weighted by Crippen LogP contribution is 2.28. The lowest BCUT2D eigenvalue weighted by molar-refractivity contribution is 0.0697. The zero-order valence-corrected chi connectivity index (χ0v) is 10.5. The van der Waals surface area contributed by atoms with Gasteiger partial charge in [-0.2, -0.15) is 0 Å². The number of nitrogens with zero attached hydrogens (tertiary/aromatic N) is 1. The summed E-state index contributed by atoms with van der Waals surface area (Å²) in [6.07, 6.45) is 1.03. The van der Waals surface area contributed by atoms with Crippen LogP contribution in [0.3, 0.4) is 0 Å². The van der Waals surface area contributed by atoms with E-state index in [1.165, 1.54) is 12.1 Å². The molecule has 1 aromatic carbocycles. The highest BCUT2D eigenvalue weighted by Gasteiger charge is 2.11. The quantitative estimate of drug-likeness (QED) is 0.843. The third-order valence-corrected chi connectivity index (χ3v) is 3.60. The van der Waals surface area contributed by atoms with Crippen molar-refractivity contribution in [1.29, 1.82) is 0 Å². The van der Waals surface area contributed by atoms with E-state index in [0.717, 1.165) is 6.42 Å². The summed E-state index contributed by atoms with van der Waals surface area (Å²) in [7, 11) is 0. The maximum absolute atomic E-state index is 10.8. The zero-order chi connectivity index (χ0) is 12.4. The van der Waals surface area contributed by atoms with Crippen LogP contribution in [0.25, 0.3) is 11.1 Å². The Kier molecular flexibility index (Phi) is 3.38. The van der Waals surface area contributed by atoms with Crippen molar-refractivity contribution in [2.45, 2.75) is 30.7 Å². The van der Waals surface area contributed by atoms with Gasteiger partial charge in [-0.05, 0) is 24.6 Å². The fraction of sp³-hybridized carbons (Fsp3) is 0.333. The van der Waals surface area contributed by atoms with Gasteiger partial charge in [0.15, 0.2) is 5.58 Å². The van der Waals surface area contributed by atoms with Crippen LogP contribution < -0.4 is 0 Å². The molecule has 0 saturated heterocycles. The summed E-state index contributed by atoms with van der Waals surface area (Å²) in [5.74, 6) is -0.959. The number of aromatic carboxylic acids is 1. The molecule has 4 nitrogen and oxygen atoms in total. The normalized spacial score (nSPS) is 12.8. The molecule has 0 amide bonds. The lowest BCUT2D eigenvalue weighted by Crippen LogP contribution is -1.94. The summed E-state index contributed by atoms with van der Waals surface area (Å²) < 4.78 is 5.52. The molecule has 1 unspecified atom stereocenters. The number of fused-ring (bicyclic) bond motifs is 1. The number of hydrogen-bond donors (Lipinski definition) is 1. The van der Waals surface area contributed by atoms with Crippen LogP contribution in [0.1, 0.15) is 30.6 Å². The Labute approximate surface area is 103 Å². The largest absolute Gasteiger partial charge is 0.478 e. The Morgan fingerprint density at radius 3 is 3.00 bits per heavy atom. The van der Waals surface area contributed by atoms with E-state index < -0.39 is 5.97 Å². The Morgan fingerprint density at radius 2 is 2.35 bits per heavy atom. The minimum absolute atomic E-state index is 0.216. The molecule has 0 aliphatic rings. The van der Waals surface area contributed by atoms with Crippen LogP contribution in [0.4, 0.5) is 0 Å². The van der Waals surface area contributed by atoms with Gasteiger partial charge in [0.05, 0.1) is 5.56 Å². The van der Waals surface area contributed by atoms with Gasteiger partial charge in [-0.15, -0.1) is 0 Å². The fourth-order valence-corrected chi connectivity index (χ4v) is 2.14. The molecular weight excluding hydrogens is 238 g/mol. The molecule has 0 bridgehead atoms. The van der Waals surface area contributed by atoms with Gasteiger partial charge in [0.2, 0.25) is 0 Å². The highest BCUT2D eigenvalue weighted by molar-refractivity contribution is 7.99. The minimum atomic E-state index is -0.959. The van der Waals surface area contributed by atoms with E-state index in [2.05, 4.69) is 18.8 Å². The first-order valence-electron chi connectivity index (χ1n) is 5.40. The van der Waals surface area contributed by atoms with Crippen molar-refractivity contribution in [2.75, 3.05) is 0 Å². The molecule has 5 heteroatoms. The van der Waals surface area contributed by atoms with Crippen LogP contribution in [0.2, 0.25) is 0 Å². The van der Waals surface area contributed by atoms with Gasteiger partial charge in [0, 0.05) is 5.25 Å². The first kappa shape index (κ1) is 12.0. The molecular formula is C12H13NO3S. The van der Waals surface area contributed by atoms with Crippen molar-refractivity contribution in [3.63, 3.8) is 0 Å². The average molecular weight is 251 g/mol. The standard InChI is InChI=1S/C12H13NO3S/c1-3-7(2)17-12-13-9-5-4-8(11(14)15)6-10(9)16-12/h4-7H,3H2,1-2H3,(H,14,15). The van der Waals surface area contributed by atoms with E-state index >= 15 is 0 Å². The van der Waals surface area contributed by atoms with Gasteiger partial charge in [0.25, 0.3) is 5.22 Å². The van der Waals surface area contributed by atoms with E-state index in [4.69, 9.17) is 9.52 Å². The third-order valence-electron chi connectivity index (χ3n) is 2.49. The van der Waals surface area contributed by atoms with Crippen LogP contribution in [-0.2, 0) is 0 Å². The predicted octanol–water partition coefficient (Wildman–Crippen LogP) is 3.42. The van der Waals surface area contributed by atoms with Crippen LogP contribution in [0.5, 0.6) is 0 Å². The molecule has 1 atom stereocenters. The molecule has 17 heavy (non-hydrogen) atoms. The molecule has 2 rings (SSSR count). The molecule has 1 heterocycles. The molecule has 1 aromatic heterocycles. The van der Waals surface area contributed by atoms with Crippen molar-refractivity contribution >= 4 is 28.8 Å². The maximum atomic E-state index is 10.8. The molecule has 2 aromatic rings. The van der Waals surface area contributed by atoms with Crippen molar-refractivity contribution in [1.82, 2.24) is 4.98 Å². The number of carbonyl (C=O) groups is 1. The van der Waals surface area contributed by atoms with Crippen LogP contribution in [-0.4, -0.2) is 21.3 Å². The molecule has 0 aliphatic carbocycles. The van der Waals surface area contributed by atoms with Crippen LogP contribution in [0, 0.1) is 0 Å². The first-order valence-corrected chi connectivity index (χ1v) is 6.28.